The highest BCUT2D eigenvalue weighted by molar-refractivity contribution is 6.01. The van der Waals surface area contributed by atoms with Crippen LogP contribution in [0.4, 0.5) is 17.6 Å². The van der Waals surface area contributed by atoms with E-state index in [-0.39, 0.29) is 22.8 Å². The van der Waals surface area contributed by atoms with E-state index in [2.05, 4.69) is 15.1 Å². The quantitative estimate of drug-likeness (QED) is 0.422. The van der Waals surface area contributed by atoms with Crippen molar-refractivity contribution in [2.24, 2.45) is 0 Å². The first-order chi connectivity index (χ1) is 14.4. The number of benzene rings is 2. The van der Waals surface area contributed by atoms with Gasteiger partial charge in [0.2, 0.25) is 5.88 Å². The summed E-state index contributed by atoms with van der Waals surface area (Å²) in [5, 5.41) is 4.61. The molecule has 2 aromatic carbocycles. The Kier molecular flexibility index (Phi) is 4.98. The third-order valence-electron chi connectivity index (χ3n) is 4.26. The second-order valence-corrected chi connectivity index (χ2v) is 6.20. The molecule has 0 spiro atoms. The summed E-state index contributed by atoms with van der Waals surface area (Å²) in [5.74, 6) is -0.461. The molecular weight excluding hydrogens is 406 g/mol. The van der Waals surface area contributed by atoms with Crippen LogP contribution in [-0.4, -0.2) is 35.0 Å². The van der Waals surface area contributed by atoms with Crippen molar-refractivity contribution in [3.05, 3.63) is 54.7 Å². The number of methoxy groups -OCH3 is 1. The predicted octanol–water partition coefficient (Wildman–Crippen LogP) is 5.04. The maximum atomic E-state index is 13.5. The average Bonchev–Trinajstić information content (AvgIpc) is 3.16. The molecule has 0 unspecified atom stereocenters. The third-order valence-corrected chi connectivity index (χ3v) is 4.26. The lowest BCUT2D eigenvalue weighted by Gasteiger charge is -2.11. The van der Waals surface area contributed by atoms with Crippen LogP contribution in [0.3, 0.4) is 0 Å². The van der Waals surface area contributed by atoms with Crippen LogP contribution in [0, 0.1) is 5.82 Å². The normalized spacial score (nSPS) is 11.6. The lowest BCUT2D eigenvalue weighted by Crippen LogP contribution is -2.20. The zero-order valence-corrected chi connectivity index (χ0v) is 15.4. The molecule has 4 rings (SSSR count). The van der Waals surface area contributed by atoms with Gasteiger partial charge in [-0.15, -0.1) is 0 Å². The first-order valence-corrected chi connectivity index (χ1v) is 8.59. The van der Waals surface area contributed by atoms with E-state index in [0.29, 0.717) is 22.2 Å². The molecule has 0 fully saturated rings. The standard InChI is InChI=1S/C20H13F4N3O3/c1-28-16-7-11(21)5-6-13(16)17-14-4-2-3-12(18(14)30-27-17)15-8-25-10-26-19(15)29-9-20(22,23)24/h2-8,10H,9H2,1H3. The van der Waals surface area contributed by atoms with Gasteiger partial charge in [-0.1, -0.05) is 17.3 Å². The summed E-state index contributed by atoms with van der Waals surface area (Å²) >= 11 is 0. The number of rotatable bonds is 5. The molecule has 0 bridgehead atoms. The van der Waals surface area contributed by atoms with Crippen LogP contribution in [0.15, 0.2) is 53.4 Å². The van der Waals surface area contributed by atoms with E-state index in [1.54, 1.807) is 18.2 Å². The fourth-order valence-corrected chi connectivity index (χ4v) is 3.00. The van der Waals surface area contributed by atoms with Crippen LogP contribution in [0.2, 0.25) is 0 Å². The van der Waals surface area contributed by atoms with Crippen molar-refractivity contribution < 1.29 is 31.6 Å². The molecule has 0 aliphatic carbocycles. The number of hydrogen-bond donors (Lipinski definition) is 0. The Bertz CT molecular complexity index is 1210. The summed E-state index contributed by atoms with van der Waals surface area (Å²) in [4.78, 5) is 7.69. The van der Waals surface area contributed by atoms with Gasteiger partial charge in [0.15, 0.2) is 12.2 Å². The molecule has 0 atom stereocenters. The second-order valence-electron chi connectivity index (χ2n) is 6.20. The monoisotopic (exact) mass is 419 g/mol. The van der Waals surface area contributed by atoms with Crippen molar-refractivity contribution in [2.75, 3.05) is 13.7 Å². The van der Waals surface area contributed by atoms with E-state index in [1.165, 1.54) is 31.5 Å². The molecule has 4 aromatic rings. The largest absolute Gasteiger partial charge is 0.496 e. The molecule has 0 aliphatic heterocycles. The predicted molar refractivity (Wildman–Crippen MR) is 98.5 cm³/mol. The molecule has 154 valence electrons. The van der Waals surface area contributed by atoms with E-state index in [9.17, 15) is 17.6 Å². The minimum Gasteiger partial charge on any atom is -0.496 e. The Hall–Kier alpha value is -3.69. The number of ether oxygens (including phenoxy) is 2. The Labute approximate surface area is 167 Å². The summed E-state index contributed by atoms with van der Waals surface area (Å²) in [5.41, 5.74) is 1.77. The third kappa shape index (κ3) is 3.76. The summed E-state index contributed by atoms with van der Waals surface area (Å²) in [6.45, 7) is -1.50. The molecule has 0 aliphatic rings. The topological polar surface area (TPSA) is 70.3 Å². The van der Waals surface area contributed by atoms with E-state index in [0.717, 1.165) is 6.33 Å². The maximum Gasteiger partial charge on any atom is 0.422 e. The minimum atomic E-state index is -4.52. The zero-order chi connectivity index (χ0) is 21.3. The molecule has 10 heteroatoms. The zero-order valence-electron chi connectivity index (χ0n) is 15.4. The van der Waals surface area contributed by atoms with Gasteiger partial charge in [0.05, 0.1) is 18.1 Å². The summed E-state index contributed by atoms with van der Waals surface area (Å²) in [6, 6.07) is 8.99. The highest BCUT2D eigenvalue weighted by Gasteiger charge is 2.29. The molecule has 0 radical (unpaired) electrons. The number of halogens is 4. The number of alkyl halides is 3. The smallest absolute Gasteiger partial charge is 0.422 e. The average molecular weight is 419 g/mol. The molecule has 0 saturated carbocycles. The highest BCUT2D eigenvalue weighted by atomic mass is 19.4. The van der Waals surface area contributed by atoms with Gasteiger partial charge in [-0.2, -0.15) is 13.2 Å². The molecular formula is C20H13F4N3O3. The maximum absolute atomic E-state index is 13.5. The van der Waals surface area contributed by atoms with E-state index in [1.807, 2.05) is 0 Å². The molecule has 2 aromatic heterocycles. The van der Waals surface area contributed by atoms with Crippen molar-refractivity contribution in [1.29, 1.82) is 0 Å². The SMILES string of the molecule is COc1cc(F)ccc1-c1noc2c(-c3cncnc3OCC(F)(F)F)cccc12. The van der Waals surface area contributed by atoms with Crippen molar-refractivity contribution in [3.8, 4) is 34.0 Å². The first-order valence-electron chi connectivity index (χ1n) is 8.59. The Morgan fingerprint density at radius 1 is 1.07 bits per heavy atom. The minimum absolute atomic E-state index is 0.209. The first kappa shape index (κ1) is 19.6. The molecule has 2 heterocycles. The van der Waals surface area contributed by atoms with Crippen molar-refractivity contribution in [3.63, 3.8) is 0 Å². The van der Waals surface area contributed by atoms with Gasteiger partial charge < -0.3 is 14.0 Å². The van der Waals surface area contributed by atoms with Crippen LogP contribution in [0.25, 0.3) is 33.4 Å². The lowest BCUT2D eigenvalue weighted by atomic mass is 10.0. The Balaban J connectivity index is 1.83. The number of fused-ring (bicyclic) bond motifs is 1. The Morgan fingerprint density at radius 3 is 2.67 bits per heavy atom. The summed E-state index contributed by atoms with van der Waals surface area (Å²) in [6.07, 6.45) is -2.11. The molecule has 0 N–H and O–H groups in total. The molecule has 0 amide bonds. The van der Waals surface area contributed by atoms with Gasteiger partial charge in [-0.3, -0.25) is 0 Å². The van der Waals surface area contributed by atoms with Gasteiger partial charge in [-0.05, 0) is 18.2 Å². The highest BCUT2D eigenvalue weighted by Crippen LogP contribution is 2.39. The fourth-order valence-electron chi connectivity index (χ4n) is 3.00. The van der Waals surface area contributed by atoms with Crippen LogP contribution in [0.1, 0.15) is 0 Å². The number of aromatic nitrogens is 3. The van der Waals surface area contributed by atoms with Crippen molar-refractivity contribution in [2.45, 2.75) is 6.18 Å². The van der Waals surface area contributed by atoms with Crippen LogP contribution < -0.4 is 9.47 Å². The Morgan fingerprint density at radius 2 is 1.90 bits per heavy atom. The van der Waals surface area contributed by atoms with Crippen molar-refractivity contribution >= 4 is 11.0 Å². The number of para-hydroxylation sites is 1. The molecule has 30 heavy (non-hydrogen) atoms. The van der Waals surface area contributed by atoms with Gasteiger partial charge in [0.25, 0.3) is 0 Å². The second kappa shape index (κ2) is 7.62. The fraction of sp³-hybridized carbons (Fsp3) is 0.150. The van der Waals surface area contributed by atoms with E-state index < -0.39 is 18.6 Å². The van der Waals surface area contributed by atoms with E-state index >= 15 is 0 Å². The molecule has 0 saturated heterocycles. The molecule has 6 nitrogen and oxygen atoms in total. The van der Waals surface area contributed by atoms with Crippen LogP contribution in [-0.2, 0) is 0 Å². The van der Waals surface area contributed by atoms with Gasteiger partial charge in [0, 0.05) is 23.4 Å². The number of hydrogen-bond acceptors (Lipinski definition) is 6. The number of nitrogens with zero attached hydrogens (tertiary/aromatic N) is 3. The summed E-state index contributed by atoms with van der Waals surface area (Å²) < 4.78 is 66.9. The van der Waals surface area contributed by atoms with Gasteiger partial charge in [-0.25, -0.2) is 14.4 Å². The van der Waals surface area contributed by atoms with E-state index in [4.69, 9.17) is 14.0 Å². The lowest BCUT2D eigenvalue weighted by molar-refractivity contribution is -0.154. The summed E-state index contributed by atoms with van der Waals surface area (Å²) in [7, 11) is 1.40. The van der Waals surface area contributed by atoms with Gasteiger partial charge in [0.1, 0.15) is 23.6 Å². The van der Waals surface area contributed by atoms with Crippen molar-refractivity contribution in [1.82, 2.24) is 15.1 Å². The van der Waals surface area contributed by atoms with Gasteiger partial charge >= 0.3 is 6.18 Å². The van der Waals surface area contributed by atoms with Crippen LogP contribution in [0.5, 0.6) is 11.6 Å². The van der Waals surface area contributed by atoms with Crippen LogP contribution >= 0.6 is 0 Å².